The van der Waals surface area contributed by atoms with E-state index in [2.05, 4.69) is 10.1 Å². The highest BCUT2D eigenvalue weighted by Gasteiger charge is 2.38. The molecular weight excluding hydrogens is 311 g/mol. The molecule has 1 aromatic heterocycles. The molecule has 23 heavy (non-hydrogen) atoms. The summed E-state index contributed by atoms with van der Waals surface area (Å²) in [5.74, 6) is 1.12. The first-order valence-corrected chi connectivity index (χ1v) is 10.6. The van der Waals surface area contributed by atoms with Crippen LogP contribution in [-0.2, 0) is 14.9 Å². The lowest BCUT2D eigenvalue weighted by Gasteiger charge is -2.32. The van der Waals surface area contributed by atoms with Crippen LogP contribution in [0.1, 0.15) is 37.9 Å². The Morgan fingerprint density at radius 2 is 1.78 bits per heavy atom. The Balaban J connectivity index is 1.88. The average Bonchev–Trinajstić information content (AvgIpc) is 3.05. The molecule has 1 heterocycles. The summed E-state index contributed by atoms with van der Waals surface area (Å²) >= 11 is 0. The maximum Gasteiger partial charge on any atom is 0.258 e. The minimum Gasteiger partial charge on any atom is -0.370 e. The van der Waals surface area contributed by atoms with Crippen molar-refractivity contribution in [3.05, 3.63) is 30.1 Å². The zero-order chi connectivity index (χ0) is 16.5. The van der Waals surface area contributed by atoms with Gasteiger partial charge in [0.25, 0.3) is 5.89 Å². The smallest absolute Gasteiger partial charge is 0.258 e. The van der Waals surface area contributed by atoms with Gasteiger partial charge >= 0.3 is 0 Å². The van der Waals surface area contributed by atoms with Crippen molar-refractivity contribution in [2.24, 2.45) is 0 Å². The van der Waals surface area contributed by atoms with Gasteiger partial charge in [-0.1, -0.05) is 36.6 Å². The van der Waals surface area contributed by atoms with Crippen molar-refractivity contribution in [3.8, 4) is 11.5 Å². The van der Waals surface area contributed by atoms with Crippen LogP contribution in [0, 0.1) is 0 Å². The lowest BCUT2D eigenvalue weighted by molar-refractivity contribution is -0.0527. The van der Waals surface area contributed by atoms with Crippen LogP contribution in [-0.4, -0.2) is 30.6 Å². The number of benzene rings is 1. The zero-order valence-electron chi connectivity index (χ0n) is 13.9. The van der Waals surface area contributed by atoms with Crippen LogP contribution in [0.5, 0.6) is 0 Å². The maximum absolute atomic E-state index is 12.1. The molecule has 0 amide bonds. The van der Waals surface area contributed by atoms with Gasteiger partial charge in [0, 0.05) is 18.0 Å². The number of nitrogens with zero attached hydrogens (tertiary/aromatic N) is 2. The van der Waals surface area contributed by atoms with Gasteiger partial charge in [-0.15, -0.1) is 0 Å². The summed E-state index contributed by atoms with van der Waals surface area (Å²) in [6.45, 7) is 3.52. The molecule has 0 unspecified atom stereocenters. The summed E-state index contributed by atoms with van der Waals surface area (Å²) in [6.07, 6.45) is 5.32. The fourth-order valence-corrected chi connectivity index (χ4v) is 4.00. The maximum atomic E-state index is 12.1. The summed E-state index contributed by atoms with van der Waals surface area (Å²) in [5.41, 5.74) is 0.422. The Bertz CT molecular complexity index is 712. The summed E-state index contributed by atoms with van der Waals surface area (Å²) in [7, 11) is -0.530. The highest BCUT2D eigenvalue weighted by molar-refractivity contribution is 7.70. The molecule has 0 saturated heterocycles. The largest absolute Gasteiger partial charge is 0.370 e. The zero-order valence-corrected chi connectivity index (χ0v) is 14.8. The molecule has 0 N–H and O–H groups in total. The average molecular weight is 334 g/mol. The number of methoxy groups -OCH3 is 1. The molecule has 0 aliphatic heterocycles. The molecule has 0 spiro atoms. The van der Waals surface area contributed by atoms with Crippen LogP contribution < -0.4 is 5.30 Å². The fraction of sp³-hybridized carbons (Fsp3) is 0.529. The summed E-state index contributed by atoms with van der Waals surface area (Å²) in [5, 5.41) is 5.01. The van der Waals surface area contributed by atoms with Crippen LogP contribution in [0.3, 0.4) is 0 Å². The molecule has 1 saturated carbocycles. The molecule has 2 aromatic rings. The quantitative estimate of drug-likeness (QED) is 0.796. The minimum atomic E-state index is -2.25. The van der Waals surface area contributed by atoms with E-state index < -0.39 is 12.7 Å². The fourth-order valence-electron chi connectivity index (χ4n) is 3.13. The van der Waals surface area contributed by atoms with E-state index in [4.69, 9.17) is 9.26 Å². The van der Waals surface area contributed by atoms with Crippen LogP contribution in [0.4, 0.5) is 0 Å². The molecule has 3 rings (SSSR count). The normalized spacial score (nSPS) is 18.0. The molecule has 1 aliphatic rings. The van der Waals surface area contributed by atoms with E-state index >= 15 is 0 Å². The third-order valence-corrected chi connectivity index (χ3v) is 6.16. The van der Waals surface area contributed by atoms with E-state index in [-0.39, 0.29) is 0 Å². The molecule has 1 aliphatic carbocycles. The van der Waals surface area contributed by atoms with Crippen LogP contribution in [0.15, 0.2) is 28.8 Å². The molecule has 0 bridgehead atoms. The first-order valence-electron chi connectivity index (χ1n) is 8.00. The number of aromatic nitrogens is 2. The van der Waals surface area contributed by atoms with Gasteiger partial charge in [-0.05, 0) is 38.3 Å². The molecule has 124 valence electrons. The third kappa shape index (κ3) is 3.26. The van der Waals surface area contributed by atoms with Gasteiger partial charge < -0.3 is 13.8 Å². The van der Waals surface area contributed by atoms with Crippen LogP contribution in [0.2, 0.25) is 0 Å². The van der Waals surface area contributed by atoms with E-state index in [0.29, 0.717) is 11.7 Å². The topological polar surface area (TPSA) is 65.2 Å². The summed E-state index contributed by atoms with van der Waals surface area (Å²) in [4.78, 5) is 4.57. The van der Waals surface area contributed by atoms with Gasteiger partial charge in [0.05, 0.1) is 0 Å². The monoisotopic (exact) mass is 334 g/mol. The summed E-state index contributed by atoms with van der Waals surface area (Å²) < 4.78 is 23.3. The first-order chi connectivity index (χ1) is 10.9. The Hall–Kier alpha value is -1.45. The predicted molar refractivity (Wildman–Crippen MR) is 90.6 cm³/mol. The molecule has 0 radical (unpaired) electrons. The standard InChI is InChI=1S/C17H23N2O3P/c1-21-17(11-5-4-6-12-17)16-18-15(22-19-16)13-7-9-14(10-8-13)23(2,3)20/h7-10H,4-6,11-12H2,1-3H3. The minimum absolute atomic E-state index is 0.414. The molecule has 5 nitrogen and oxygen atoms in total. The summed E-state index contributed by atoms with van der Waals surface area (Å²) in [6, 6.07) is 7.50. The highest BCUT2D eigenvalue weighted by atomic mass is 31.2. The van der Waals surface area contributed by atoms with Crippen molar-refractivity contribution in [1.82, 2.24) is 10.1 Å². The second kappa shape index (κ2) is 6.21. The van der Waals surface area contributed by atoms with E-state index in [1.165, 1.54) is 6.42 Å². The van der Waals surface area contributed by atoms with E-state index in [0.717, 1.165) is 36.6 Å². The Morgan fingerprint density at radius 3 is 2.35 bits per heavy atom. The molecule has 0 atom stereocenters. The number of hydrogen-bond donors (Lipinski definition) is 0. The van der Waals surface area contributed by atoms with Crippen molar-refractivity contribution in [2.45, 2.75) is 37.7 Å². The highest BCUT2D eigenvalue weighted by Crippen LogP contribution is 2.39. The molecule has 1 fully saturated rings. The van der Waals surface area contributed by atoms with Crippen molar-refractivity contribution < 1.29 is 13.8 Å². The third-order valence-electron chi connectivity index (χ3n) is 4.62. The van der Waals surface area contributed by atoms with Gasteiger partial charge in [0.15, 0.2) is 0 Å². The predicted octanol–water partition coefficient (Wildman–Crippen LogP) is 3.79. The second-order valence-electron chi connectivity index (χ2n) is 6.58. The number of rotatable bonds is 4. The molecular formula is C17H23N2O3P. The Morgan fingerprint density at radius 1 is 1.13 bits per heavy atom. The molecule has 1 aromatic carbocycles. The van der Waals surface area contributed by atoms with Gasteiger partial charge in [-0.3, -0.25) is 0 Å². The van der Waals surface area contributed by atoms with Crippen molar-refractivity contribution in [2.75, 3.05) is 20.4 Å². The first kappa shape index (κ1) is 16.4. The van der Waals surface area contributed by atoms with Crippen molar-refractivity contribution in [3.63, 3.8) is 0 Å². The van der Waals surface area contributed by atoms with Crippen molar-refractivity contribution in [1.29, 1.82) is 0 Å². The SMILES string of the molecule is COC1(c2noc(-c3ccc(P(C)(C)=O)cc3)n2)CCCCC1. The van der Waals surface area contributed by atoms with Crippen LogP contribution in [0.25, 0.3) is 11.5 Å². The molecule has 6 heteroatoms. The van der Waals surface area contributed by atoms with Gasteiger partial charge in [-0.25, -0.2) is 0 Å². The van der Waals surface area contributed by atoms with E-state index in [1.807, 2.05) is 24.3 Å². The number of hydrogen-bond acceptors (Lipinski definition) is 5. The Labute approximate surface area is 136 Å². The van der Waals surface area contributed by atoms with Crippen LogP contribution >= 0.6 is 7.14 Å². The van der Waals surface area contributed by atoms with Gasteiger partial charge in [-0.2, -0.15) is 4.98 Å². The van der Waals surface area contributed by atoms with Crippen molar-refractivity contribution >= 4 is 12.4 Å². The lowest BCUT2D eigenvalue weighted by Crippen LogP contribution is -2.32. The second-order valence-corrected chi connectivity index (χ2v) is 9.80. The Kier molecular flexibility index (Phi) is 4.43. The number of ether oxygens (including phenoxy) is 1. The van der Waals surface area contributed by atoms with E-state index in [1.54, 1.807) is 20.4 Å². The lowest BCUT2D eigenvalue weighted by atomic mass is 9.84. The van der Waals surface area contributed by atoms with Gasteiger partial charge in [0.1, 0.15) is 12.7 Å². The van der Waals surface area contributed by atoms with Gasteiger partial charge in [0.2, 0.25) is 5.82 Å². The van der Waals surface area contributed by atoms with E-state index in [9.17, 15) is 4.57 Å².